The summed E-state index contributed by atoms with van der Waals surface area (Å²) in [6.45, 7) is 5.39. The molecule has 172 valence electrons. The molecule has 0 aliphatic carbocycles. The number of aromatic nitrogens is 3. The van der Waals surface area contributed by atoms with Crippen LogP contribution < -0.4 is 5.32 Å². The Bertz CT molecular complexity index is 1120. The number of halogens is 1. The molecule has 1 saturated heterocycles. The average Bonchev–Trinajstić information content (AvgIpc) is 3.12. The molecule has 8 heteroatoms. The maximum Gasteiger partial charge on any atom is 0.227 e. The number of amides is 2. The van der Waals surface area contributed by atoms with E-state index in [1.165, 1.54) is 12.1 Å². The van der Waals surface area contributed by atoms with Crippen LogP contribution in [0.3, 0.4) is 0 Å². The van der Waals surface area contributed by atoms with Crippen molar-refractivity contribution in [2.45, 2.75) is 39.7 Å². The molecule has 7 nitrogen and oxygen atoms in total. The van der Waals surface area contributed by atoms with E-state index in [2.05, 4.69) is 15.4 Å². The molecule has 0 atom stereocenters. The summed E-state index contributed by atoms with van der Waals surface area (Å²) in [6.07, 6.45) is 5.00. The van der Waals surface area contributed by atoms with Crippen LogP contribution in [0.1, 0.15) is 35.4 Å². The van der Waals surface area contributed by atoms with Crippen LogP contribution in [0.2, 0.25) is 0 Å². The van der Waals surface area contributed by atoms with Gasteiger partial charge in [-0.05, 0) is 62.6 Å². The van der Waals surface area contributed by atoms with Crippen molar-refractivity contribution in [1.82, 2.24) is 25.0 Å². The number of carbonyl (C=O) groups excluding carboxylic acids is 2. The summed E-state index contributed by atoms with van der Waals surface area (Å²) in [5, 5.41) is 7.53. The zero-order valence-electron chi connectivity index (χ0n) is 18.9. The highest BCUT2D eigenvalue weighted by Gasteiger charge is 2.28. The van der Waals surface area contributed by atoms with Gasteiger partial charge in [0.1, 0.15) is 5.82 Å². The van der Waals surface area contributed by atoms with E-state index < -0.39 is 0 Å². The summed E-state index contributed by atoms with van der Waals surface area (Å²) in [4.78, 5) is 31.4. The quantitative estimate of drug-likeness (QED) is 0.627. The fourth-order valence-electron chi connectivity index (χ4n) is 4.25. The number of hydrogen-bond acceptors (Lipinski definition) is 4. The smallest absolute Gasteiger partial charge is 0.227 e. The second-order valence-electron chi connectivity index (χ2n) is 8.45. The van der Waals surface area contributed by atoms with Crippen molar-refractivity contribution in [2.75, 3.05) is 13.1 Å². The van der Waals surface area contributed by atoms with Gasteiger partial charge in [-0.15, -0.1) is 0 Å². The Labute approximate surface area is 192 Å². The van der Waals surface area contributed by atoms with Gasteiger partial charge in [0.15, 0.2) is 0 Å². The number of hydrogen-bond donors (Lipinski definition) is 1. The molecule has 2 aromatic heterocycles. The van der Waals surface area contributed by atoms with E-state index in [1.54, 1.807) is 29.2 Å². The van der Waals surface area contributed by atoms with Crippen LogP contribution in [-0.2, 0) is 22.6 Å². The van der Waals surface area contributed by atoms with Crippen molar-refractivity contribution in [3.63, 3.8) is 0 Å². The lowest BCUT2D eigenvalue weighted by molar-refractivity contribution is -0.135. The molecule has 1 aliphatic heterocycles. The highest BCUT2D eigenvalue weighted by molar-refractivity contribution is 5.81. The van der Waals surface area contributed by atoms with Crippen LogP contribution in [0.25, 0.3) is 5.69 Å². The Kier molecular flexibility index (Phi) is 6.82. The molecular formula is C25H28FN5O2. The fourth-order valence-corrected chi connectivity index (χ4v) is 4.25. The van der Waals surface area contributed by atoms with Gasteiger partial charge >= 0.3 is 0 Å². The van der Waals surface area contributed by atoms with Crippen LogP contribution in [0.15, 0.2) is 48.8 Å². The first-order valence-corrected chi connectivity index (χ1v) is 11.2. The van der Waals surface area contributed by atoms with Crippen molar-refractivity contribution >= 4 is 11.8 Å². The molecule has 0 unspecified atom stereocenters. The summed E-state index contributed by atoms with van der Waals surface area (Å²) < 4.78 is 15.0. The predicted molar refractivity (Wildman–Crippen MR) is 122 cm³/mol. The lowest BCUT2D eigenvalue weighted by atomic mass is 9.95. The summed E-state index contributed by atoms with van der Waals surface area (Å²) in [5.41, 5.74) is 4.27. The van der Waals surface area contributed by atoms with E-state index in [-0.39, 0.29) is 30.0 Å². The summed E-state index contributed by atoms with van der Waals surface area (Å²) >= 11 is 0. The summed E-state index contributed by atoms with van der Waals surface area (Å²) in [6, 6.07) is 9.91. The lowest BCUT2D eigenvalue weighted by Gasteiger charge is -2.31. The molecule has 4 rings (SSSR count). The third-order valence-corrected chi connectivity index (χ3v) is 6.25. The second-order valence-corrected chi connectivity index (χ2v) is 8.45. The van der Waals surface area contributed by atoms with Crippen LogP contribution in [0.4, 0.5) is 4.39 Å². The zero-order valence-corrected chi connectivity index (χ0v) is 18.9. The minimum absolute atomic E-state index is 0.0261. The number of nitrogens with one attached hydrogen (secondary N) is 1. The number of piperidine rings is 1. The topological polar surface area (TPSA) is 80.1 Å². The number of aryl methyl sites for hydroxylation is 1. The number of nitrogens with zero attached hydrogens (tertiary/aromatic N) is 4. The van der Waals surface area contributed by atoms with Crippen LogP contribution in [0.5, 0.6) is 0 Å². The fraction of sp³-hybridized carbons (Fsp3) is 0.360. The van der Waals surface area contributed by atoms with Crippen LogP contribution in [-0.4, -0.2) is 44.6 Å². The standard InChI is InChI=1S/C25H28FN5O2/c1-17-23(18(2)31(29-17)22-7-5-21(26)6-8-22)14-24(32)30-12-9-20(10-13-30)25(33)28-16-19-4-3-11-27-15-19/h3-8,11,15,20H,9-10,12-14,16H2,1-2H3,(H,28,33). The first-order chi connectivity index (χ1) is 15.9. The molecule has 1 aliphatic rings. The highest BCUT2D eigenvalue weighted by atomic mass is 19.1. The molecule has 0 radical (unpaired) electrons. The number of benzene rings is 1. The largest absolute Gasteiger partial charge is 0.352 e. The molecule has 0 spiro atoms. The molecule has 3 heterocycles. The van der Waals surface area contributed by atoms with Crippen LogP contribution >= 0.6 is 0 Å². The number of carbonyl (C=O) groups is 2. The Morgan fingerprint density at radius 1 is 1.12 bits per heavy atom. The van der Waals surface area contributed by atoms with Crippen molar-refractivity contribution in [3.8, 4) is 5.69 Å². The Balaban J connectivity index is 1.32. The van der Waals surface area contributed by atoms with Gasteiger partial charge in [0, 0.05) is 49.2 Å². The van der Waals surface area contributed by atoms with Gasteiger partial charge in [-0.1, -0.05) is 6.07 Å². The maximum atomic E-state index is 13.3. The minimum Gasteiger partial charge on any atom is -0.352 e. The van der Waals surface area contributed by atoms with Gasteiger partial charge < -0.3 is 10.2 Å². The maximum absolute atomic E-state index is 13.3. The van der Waals surface area contributed by atoms with Crippen LogP contribution in [0, 0.1) is 25.6 Å². The molecule has 3 aromatic rings. The molecule has 1 N–H and O–H groups in total. The molecule has 1 aromatic carbocycles. The summed E-state index contributed by atoms with van der Waals surface area (Å²) in [7, 11) is 0. The lowest BCUT2D eigenvalue weighted by Crippen LogP contribution is -2.43. The monoisotopic (exact) mass is 449 g/mol. The predicted octanol–water partition coefficient (Wildman–Crippen LogP) is 3.12. The Morgan fingerprint density at radius 2 is 1.85 bits per heavy atom. The molecule has 0 bridgehead atoms. The summed E-state index contributed by atoms with van der Waals surface area (Å²) in [5.74, 6) is -0.326. The SMILES string of the molecule is Cc1nn(-c2ccc(F)cc2)c(C)c1CC(=O)N1CCC(C(=O)NCc2cccnc2)CC1. The average molecular weight is 450 g/mol. The second kappa shape index (κ2) is 9.94. The van der Waals surface area contributed by atoms with Crippen molar-refractivity contribution in [1.29, 1.82) is 0 Å². The molecule has 33 heavy (non-hydrogen) atoms. The molecule has 2 amide bonds. The molecular weight excluding hydrogens is 421 g/mol. The van der Waals surface area contributed by atoms with Gasteiger partial charge in [0.05, 0.1) is 17.8 Å². The Hall–Kier alpha value is -3.55. The van der Waals surface area contributed by atoms with Gasteiger partial charge in [0.2, 0.25) is 11.8 Å². The van der Waals surface area contributed by atoms with Crippen molar-refractivity contribution < 1.29 is 14.0 Å². The molecule has 0 saturated carbocycles. The van der Waals surface area contributed by atoms with Crippen molar-refractivity contribution in [2.24, 2.45) is 5.92 Å². The minimum atomic E-state index is -0.301. The first-order valence-electron chi connectivity index (χ1n) is 11.2. The van der Waals surface area contributed by atoms with Gasteiger partial charge in [0.25, 0.3) is 0 Å². The number of rotatable bonds is 6. The van der Waals surface area contributed by atoms with Gasteiger partial charge in [-0.3, -0.25) is 14.6 Å². The third kappa shape index (κ3) is 5.27. The zero-order chi connectivity index (χ0) is 23.4. The van der Waals surface area contributed by atoms with E-state index in [9.17, 15) is 14.0 Å². The van der Waals surface area contributed by atoms with E-state index in [1.807, 2.05) is 30.9 Å². The first kappa shape index (κ1) is 22.6. The van der Waals surface area contributed by atoms with E-state index >= 15 is 0 Å². The number of pyridine rings is 1. The highest BCUT2D eigenvalue weighted by Crippen LogP contribution is 2.22. The third-order valence-electron chi connectivity index (χ3n) is 6.25. The van der Waals surface area contributed by atoms with E-state index in [4.69, 9.17) is 0 Å². The number of likely N-dealkylation sites (tertiary alicyclic amines) is 1. The molecule has 1 fully saturated rings. The van der Waals surface area contributed by atoms with Gasteiger partial charge in [-0.2, -0.15) is 5.10 Å². The Morgan fingerprint density at radius 3 is 2.52 bits per heavy atom. The van der Waals surface area contributed by atoms with E-state index in [0.717, 1.165) is 28.2 Å². The van der Waals surface area contributed by atoms with Crippen molar-refractivity contribution in [3.05, 3.63) is 77.1 Å². The van der Waals surface area contributed by atoms with E-state index in [0.29, 0.717) is 32.5 Å². The normalized spacial score (nSPS) is 14.3. The van der Waals surface area contributed by atoms with Gasteiger partial charge in [-0.25, -0.2) is 9.07 Å².